The molecule has 1 aliphatic heterocycles. The topological polar surface area (TPSA) is 62.7 Å². The second-order valence-electron chi connectivity index (χ2n) is 5.57. The highest BCUT2D eigenvalue weighted by Gasteiger charge is 2.25. The number of aryl methyl sites for hydroxylation is 3. The Kier molecular flexibility index (Phi) is 2.85. The number of H-pyrrole nitrogens is 1. The van der Waals surface area contributed by atoms with Gasteiger partial charge in [-0.1, -0.05) is 17.7 Å². The van der Waals surface area contributed by atoms with E-state index >= 15 is 0 Å². The van der Waals surface area contributed by atoms with Crippen molar-refractivity contribution >= 4 is 11.6 Å². The van der Waals surface area contributed by atoms with Crippen LogP contribution in [-0.4, -0.2) is 20.4 Å². The number of fused-ring (bicyclic) bond motifs is 3. The number of carbonyl (C=O) groups excluding carboxylic acids is 1. The van der Waals surface area contributed by atoms with Crippen molar-refractivity contribution in [2.24, 2.45) is 0 Å². The number of hydrogen-bond donors (Lipinski definition) is 2. The Morgan fingerprint density at radius 1 is 1.32 bits per heavy atom. The number of aromatic amines is 1. The molecule has 2 aromatic heterocycles. The molecule has 110 valence electrons. The van der Waals surface area contributed by atoms with E-state index in [-0.39, 0.29) is 5.91 Å². The van der Waals surface area contributed by atoms with Gasteiger partial charge in [-0.05, 0) is 19.1 Å². The van der Waals surface area contributed by atoms with Crippen molar-refractivity contribution in [1.29, 1.82) is 0 Å². The van der Waals surface area contributed by atoms with Crippen molar-refractivity contribution < 1.29 is 4.79 Å². The Bertz CT molecular complexity index is 842. The number of rotatable bonds is 2. The first-order valence-electron chi connectivity index (χ1n) is 7.32. The molecule has 0 saturated heterocycles. The number of nitrogens with one attached hydrogen (secondary N) is 2. The van der Waals surface area contributed by atoms with E-state index in [4.69, 9.17) is 0 Å². The molecular weight excluding hydrogens is 276 g/mol. The van der Waals surface area contributed by atoms with Crippen LogP contribution in [0.4, 0.5) is 5.69 Å². The van der Waals surface area contributed by atoms with Crippen LogP contribution in [0, 0.1) is 6.92 Å². The minimum atomic E-state index is -0.113. The molecule has 3 heterocycles. The Hall–Kier alpha value is -2.82. The number of benzene rings is 1. The molecule has 0 fully saturated rings. The molecule has 1 aromatic carbocycles. The first-order chi connectivity index (χ1) is 10.7. The summed E-state index contributed by atoms with van der Waals surface area (Å²) in [6.07, 6.45) is 6.39. The van der Waals surface area contributed by atoms with Gasteiger partial charge < -0.3 is 14.9 Å². The highest BCUT2D eigenvalue weighted by Crippen LogP contribution is 2.31. The molecule has 5 nitrogen and oxygen atoms in total. The smallest absolute Gasteiger partial charge is 0.257 e. The molecule has 0 saturated carbocycles. The van der Waals surface area contributed by atoms with Crippen LogP contribution < -0.4 is 5.32 Å². The quantitative estimate of drug-likeness (QED) is 0.762. The second-order valence-corrected chi connectivity index (χ2v) is 5.57. The summed E-state index contributed by atoms with van der Waals surface area (Å²) in [5.74, 6) is 0.745. The minimum absolute atomic E-state index is 0.113. The Morgan fingerprint density at radius 3 is 2.95 bits per heavy atom. The van der Waals surface area contributed by atoms with Gasteiger partial charge in [-0.2, -0.15) is 0 Å². The lowest BCUT2D eigenvalue weighted by molar-refractivity contribution is 0.102. The highest BCUT2D eigenvalue weighted by molar-refractivity contribution is 6.08. The summed E-state index contributed by atoms with van der Waals surface area (Å²) in [5, 5.41) is 2.95. The molecule has 22 heavy (non-hydrogen) atoms. The minimum Gasteiger partial charge on any atom is -0.364 e. The van der Waals surface area contributed by atoms with E-state index in [9.17, 15) is 4.79 Å². The molecule has 4 rings (SSSR count). The van der Waals surface area contributed by atoms with Crippen molar-refractivity contribution in [2.75, 3.05) is 5.32 Å². The van der Waals surface area contributed by atoms with E-state index in [1.165, 1.54) is 5.56 Å². The summed E-state index contributed by atoms with van der Waals surface area (Å²) in [5.41, 5.74) is 4.60. The first-order valence-corrected chi connectivity index (χ1v) is 7.32. The molecule has 0 bridgehead atoms. The Labute approximate surface area is 128 Å². The van der Waals surface area contributed by atoms with Gasteiger partial charge >= 0.3 is 0 Å². The van der Waals surface area contributed by atoms with Gasteiger partial charge in [0.2, 0.25) is 0 Å². The van der Waals surface area contributed by atoms with E-state index in [0.29, 0.717) is 5.56 Å². The van der Waals surface area contributed by atoms with Gasteiger partial charge in [-0.3, -0.25) is 4.79 Å². The lowest BCUT2D eigenvalue weighted by Crippen LogP contribution is -2.15. The number of nitrogens with zero attached hydrogens (tertiary/aromatic N) is 2. The molecule has 0 radical (unpaired) electrons. The van der Waals surface area contributed by atoms with Crippen LogP contribution in [-0.2, 0) is 13.0 Å². The maximum Gasteiger partial charge on any atom is 0.257 e. The molecule has 1 amide bonds. The van der Waals surface area contributed by atoms with Crippen LogP contribution >= 0.6 is 0 Å². The Morgan fingerprint density at radius 2 is 2.14 bits per heavy atom. The number of anilines is 1. The fourth-order valence-electron chi connectivity index (χ4n) is 2.88. The predicted molar refractivity (Wildman–Crippen MR) is 84.8 cm³/mol. The van der Waals surface area contributed by atoms with Crippen LogP contribution in [0.3, 0.4) is 0 Å². The zero-order valence-corrected chi connectivity index (χ0v) is 12.3. The van der Waals surface area contributed by atoms with Crippen molar-refractivity contribution in [2.45, 2.75) is 19.9 Å². The summed E-state index contributed by atoms with van der Waals surface area (Å²) >= 11 is 0. The number of imidazole rings is 1. The summed E-state index contributed by atoms with van der Waals surface area (Å²) in [7, 11) is 0. The maximum atomic E-state index is 12.6. The van der Waals surface area contributed by atoms with E-state index in [1.807, 2.05) is 37.4 Å². The largest absolute Gasteiger partial charge is 0.364 e. The lowest BCUT2D eigenvalue weighted by atomic mass is 10.0. The summed E-state index contributed by atoms with van der Waals surface area (Å²) in [6, 6.07) is 7.78. The van der Waals surface area contributed by atoms with E-state index < -0.39 is 0 Å². The van der Waals surface area contributed by atoms with E-state index in [2.05, 4.69) is 19.9 Å². The van der Waals surface area contributed by atoms with E-state index in [1.54, 1.807) is 12.4 Å². The number of carbonyl (C=O) groups is 1. The molecule has 0 aliphatic carbocycles. The maximum absolute atomic E-state index is 12.6. The van der Waals surface area contributed by atoms with Gasteiger partial charge in [0.05, 0.1) is 11.1 Å². The van der Waals surface area contributed by atoms with Gasteiger partial charge in [-0.15, -0.1) is 0 Å². The van der Waals surface area contributed by atoms with Gasteiger partial charge in [0.25, 0.3) is 5.91 Å². The van der Waals surface area contributed by atoms with Crippen molar-refractivity contribution in [3.05, 3.63) is 59.7 Å². The highest BCUT2D eigenvalue weighted by atomic mass is 16.1. The van der Waals surface area contributed by atoms with Crippen LogP contribution in [0.25, 0.3) is 11.4 Å². The second kappa shape index (κ2) is 4.87. The van der Waals surface area contributed by atoms with Gasteiger partial charge in [0, 0.05) is 42.9 Å². The predicted octanol–water partition coefficient (Wildman–Crippen LogP) is 3.00. The van der Waals surface area contributed by atoms with Crippen LogP contribution in [0.15, 0.2) is 42.9 Å². The molecule has 1 aliphatic rings. The molecule has 0 spiro atoms. The number of amides is 1. The zero-order valence-electron chi connectivity index (χ0n) is 12.3. The molecule has 2 N–H and O–H groups in total. The fraction of sp³-hybridized carbons (Fsp3) is 0.176. The third-order valence-corrected chi connectivity index (χ3v) is 4.06. The zero-order chi connectivity index (χ0) is 15.1. The van der Waals surface area contributed by atoms with Crippen molar-refractivity contribution in [1.82, 2.24) is 14.5 Å². The molecule has 5 heteroatoms. The van der Waals surface area contributed by atoms with Crippen molar-refractivity contribution in [3.63, 3.8) is 0 Å². The monoisotopic (exact) mass is 292 g/mol. The van der Waals surface area contributed by atoms with Crippen LogP contribution in [0.5, 0.6) is 0 Å². The van der Waals surface area contributed by atoms with Gasteiger partial charge in [-0.25, -0.2) is 4.98 Å². The fourth-order valence-corrected chi connectivity index (χ4v) is 2.88. The molecule has 3 aromatic rings. The van der Waals surface area contributed by atoms with Crippen molar-refractivity contribution in [3.8, 4) is 11.4 Å². The lowest BCUT2D eigenvalue weighted by Gasteiger charge is -2.15. The third-order valence-electron chi connectivity index (χ3n) is 4.06. The first kappa shape index (κ1) is 12.9. The molecular formula is C17H16N4O. The molecule has 0 atom stereocenters. The average molecular weight is 292 g/mol. The average Bonchev–Trinajstić information content (AvgIpc) is 3.14. The standard InChI is InChI=1S/C17H16N4O/c1-11-2-4-12(5-3-11)20-17(22)13-10-19-14-6-8-21-9-7-18-16(21)15(13)14/h2-5,7,9-10,19H,6,8H2,1H3,(H,20,22). The van der Waals surface area contributed by atoms with E-state index in [0.717, 1.165) is 35.7 Å². The SMILES string of the molecule is Cc1ccc(NC(=O)c2c[nH]c3c2-c2nccn2CC3)cc1. The molecule has 0 unspecified atom stereocenters. The summed E-state index contributed by atoms with van der Waals surface area (Å²) < 4.78 is 2.08. The van der Waals surface area contributed by atoms with Gasteiger partial charge in [0.1, 0.15) is 5.82 Å². The summed E-state index contributed by atoms with van der Waals surface area (Å²) in [6.45, 7) is 2.91. The van der Waals surface area contributed by atoms with Crippen LogP contribution in [0.1, 0.15) is 21.6 Å². The number of aromatic nitrogens is 3. The third kappa shape index (κ3) is 2.02. The Balaban J connectivity index is 1.68. The van der Waals surface area contributed by atoms with Crippen LogP contribution in [0.2, 0.25) is 0 Å². The van der Waals surface area contributed by atoms with Gasteiger partial charge in [0.15, 0.2) is 0 Å². The summed E-state index contributed by atoms with van der Waals surface area (Å²) in [4.78, 5) is 20.2. The normalized spacial score (nSPS) is 12.6. The number of hydrogen-bond acceptors (Lipinski definition) is 2.